The molecule has 0 bridgehead atoms. The Morgan fingerprint density at radius 1 is 1.19 bits per heavy atom. The van der Waals surface area contributed by atoms with E-state index in [2.05, 4.69) is 36.1 Å². The van der Waals surface area contributed by atoms with Crippen molar-refractivity contribution in [2.75, 3.05) is 11.6 Å². The average molecular weight is 370 g/mol. The summed E-state index contributed by atoms with van der Waals surface area (Å²) in [6.45, 7) is 8.02. The first-order valence-electron chi connectivity index (χ1n) is 8.08. The first-order chi connectivity index (χ1) is 12.1. The van der Waals surface area contributed by atoms with Gasteiger partial charge in [0.2, 0.25) is 0 Å². The molecule has 2 aromatic rings. The first kappa shape index (κ1) is 19.7. The molecule has 0 saturated heterocycles. The van der Waals surface area contributed by atoms with Crippen molar-refractivity contribution in [1.29, 1.82) is 0 Å². The quantitative estimate of drug-likeness (QED) is 0.453. The molecule has 0 saturated carbocycles. The molecule has 136 valence electrons. The van der Waals surface area contributed by atoms with Gasteiger partial charge in [-0.15, -0.1) is 0 Å². The number of hydrogen-bond acceptors (Lipinski definition) is 3. The second-order valence-corrected chi connectivity index (χ2v) is 8.41. The molecule has 1 atom stereocenters. The highest BCUT2D eigenvalue weighted by Gasteiger charge is 2.18. The van der Waals surface area contributed by atoms with Crippen LogP contribution in [0, 0.1) is 6.92 Å². The van der Waals surface area contributed by atoms with E-state index in [0.717, 1.165) is 11.1 Å². The number of nitrogens with zero attached hydrogens (tertiary/aromatic N) is 3. The minimum absolute atomic E-state index is 0.105. The Bertz CT molecular complexity index is 926. The third-order valence-electron chi connectivity index (χ3n) is 4.03. The van der Waals surface area contributed by atoms with Crippen LogP contribution in [0.4, 0.5) is 11.4 Å². The van der Waals surface area contributed by atoms with Crippen LogP contribution >= 0.6 is 0 Å². The van der Waals surface area contributed by atoms with Gasteiger partial charge in [0.05, 0.1) is 21.4 Å². The number of carbonyl (C=O) groups excluding carboxylic acids is 1. The molecule has 1 amide bonds. The molecule has 0 fully saturated rings. The summed E-state index contributed by atoms with van der Waals surface area (Å²) in [5.41, 5.74) is 11.6. The smallest absolute Gasteiger partial charge is 0.255 e. The molecule has 1 unspecified atom stereocenters. The van der Waals surface area contributed by atoms with E-state index in [1.165, 1.54) is 0 Å². The highest BCUT2D eigenvalue weighted by molar-refractivity contribution is 7.84. The van der Waals surface area contributed by atoms with Gasteiger partial charge in [-0.1, -0.05) is 38.0 Å². The summed E-state index contributed by atoms with van der Waals surface area (Å²) in [4.78, 5) is 16.0. The van der Waals surface area contributed by atoms with Crippen molar-refractivity contribution in [1.82, 2.24) is 0 Å². The molecule has 1 N–H and O–H groups in total. The maximum atomic E-state index is 12.7. The Morgan fingerprint density at radius 3 is 2.46 bits per heavy atom. The van der Waals surface area contributed by atoms with Gasteiger partial charge in [-0.25, -0.2) is 0 Å². The van der Waals surface area contributed by atoms with Crippen LogP contribution < -0.4 is 5.32 Å². The molecule has 26 heavy (non-hydrogen) atoms. The molecule has 0 aliphatic rings. The van der Waals surface area contributed by atoms with Gasteiger partial charge in [0.25, 0.3) is 5.91 Å². The molecule has 2 rings (SSSR count). The zero-order valence-corrected chi connectivity index (χ0v) is 16.3. The van der Waals surface area contributed by atoms with Crippen LogP contribution in [0.1, 0.15) is 42.3 Å². The Kier molecular flexibility index (Phi) is 5.85. The van der Waals surface area contributed by atoms with Crippen LogP contribution in [0.5, 0.6) is 0 Å². The van der Waals surface area contributed by atoms with Crippen molar-refractivity contribution in [2.45, 2.75) is 38.0 Å². The second kappa shape index (κ2) is 7.72. The average Bonchev–Trinajstić information content (AvgIpc) is 2.55. The van der Waals surface area contributed by atoms with Gasteiger partial charge in [0.1, 0.15) is 0 Å². The fourth-order valence-electron chi connectivity index (χ4n) is 2.45. The summed E-state index contributed by atoms with van der Waals surface area (Å²) in [7, 11) is -1.24. The third kappa shape index (κ3) is 4.50. The Morgan fingerprint density at radius 2 is 1.88 bits per heavy atom. The number of aryl methyl sites for hydroxylation is 1. The van der Waals surface area contributed by atoms with Crippen LogP contribution in [0.3, 0.4) is 0 Å². The third-order valence-corrected chi connectivity index (χ3v) is 5.00. The van der Waals surface area contributed by atoms with Gasteiger partial charge >= 0.3 is 0 Å². The molecule has 0 spiro atoms. The number of benzene rings is 2. The van der Waals surface area contributed by atoms with Crippen LogP contribution in [-0.2, 0) is 16.2 Å². The fraction of sp³-hybridized carbons (Fsp3) is 0.316. The number of nitrogens with one attached hydrogen (secondary N) is 1. The highest BCUT2D eigenvalue weighted by Crippen LogP contribution is 2.29. The molecule has 0 radical (unpaired) electrons. The molecule has 0 aliphatic carbocycles. The van der Waals surface area contributed by atoms with Crippen molar-refractivity contribution in [3.8, 4) is 0 Å². The zero-order chi connectivity index (χ0) is 19.5. The Labute approximate surface area is 155 Å². The lowest BCUT2D eigenvalue weighted by molar-refractivity contribution is 0.102. The molecule has 0 aliphatic heterocycles. The van der Waals surface area contributed by atoms with Crippen LogP contribution in [0.2, 0.25) is 0 Å². The van der Waals surface area contributed by atoms with E-state index < -0.39 is 10.8 Å². The number of carbonyl (C=O) groups is 1. The summed E-state index contributed by atoms with van der Waals surface area (Å²) >= 11 is 0. The van der Waals surface area contributed by atoms with Crippen LogP contribution in [0.25, 0.3) is 10.4 Å². The van der Waals surface area contributed by atoms with Gasteiger partial charge in [-0.05, 0) is 53.3 Å². The van der Waals surface area contributed by atoms with Crippen molar-refractivity contribution in [3.63, 3.8) is 0 Å². The van der Waals surface area contributed by atoms with Gasteiger partial charge < -0.3 is 5.32 Å². The van der Waals surface area contributed by atoms with Crippen molar-refractivity contribution in [2.24, 2.45) is 5.11 Å². The van der Waals surface area contributed by atoms with E-state index in [9.17, 15) is 9.00 Å². The molecule has 7 heteroatoms. The lowest BCUT2D eigenvalue weighted by Gasteiger charge is -2.21. The van der Waals surface area contributed by atoms with Crippen LogP contribution in [-0.4, -0.2) is 16.4 Å². The lowest BCUT2D eigenvalue weighted by atomic mass is 9.87. The maximum absolute atomic E-state index is 12.7. The van der Waals surface area contributed by atoms with Gasteiger partial charge in [0.15, 0.2) is 0 Å². The molecular formula is C19H22N4O2S. The lowest BCUT2D eigenvalue weighted by Crippen LogP contribution is -2.16. The zero-order valence-electron chi connectivity index (χ0n) is 15.5. The fourth-order valence-corrected chi connectivity index (χ4v) is 3.13. The first-order valence-corrected chi connectivity index (χ1v) is 9.64. The van der Waals surface area contributed by atoms with Gasteiger partial charge in [-0.2, -0.15) is 0 Å². The number of amides is 1. The van der Waals surface area contributed by atoms with E-state index in [0.29, 0.717) is 21.8 Å². The predicted octanol–water partition coefficient (Wildman–Crippen LogP) is 5.22. The second-order valence-electron chi connectivity index (χ2n) is 7.06. The van der Waals surface area contributed by atoms with Gasteiger partial charge in [-0.3, -0.25) is 9.00 Å². The SMILES string of the molecule is Cc1ccc(C(=O)Nc2cc(C(C)(C)C)ccc2S(C)=O)cc1N=[N+]=[N-]. The maximum Gasteiger partial charge on any atom is 0.255 e. The standard InChI is InChI=1S/C19H22N4O2S/c1-12-6-7-13(10-15(12)22-23-20)18(24)21-16-11-14(19(2,3)4)8-9-17(16)26(5)25/h6-11H,1-5H3,(H,21,24). The number of anilines is 1. The van der Waals surface area contributed by atoms with E-state index in [1.54, 1.807) is 37.4 Å². The van der Waals surface area contributed by atoms with Crippen molar-refractivity contribution < 1.29 is 9.00 Å². The highest BCUT2D eigenvalue weighted by atomic mass is 32.2. The van der Waals surface area contributed by atoms with E-state index in [-0.39, 0.29) is 11.3 Å². The molecule has 0 aromatic heterocycles. The number of azide groups is 1. The summed E-state index contributed by atoms with van der Waals surface area (Å²) in [6, 6.07) is 10.5. The van der Waals surface area contributed by atoms with Gasteiger partial charge in [0, 0.05) is 22.4 Å². The van der Waals surface area contributed by atoms with Crippen molar-refractivity contribution in [3.05, 3.63) is 63.5 Å². The Balaban J connectivity index is 2.43. The number of hydrogen-bond donors (Lipinski definition) is 1. The topological polar surface area (TPSA) is 94.9 Å². The van der Waals surface area contributed by atoms with E-state index in [1.807, 2.05) is 12.1 Å². The summed E-state index contributed by atoms with van der Waals surface area (Å²) in [6.07, 6.45) is 1.58. The summed E-state index contributed by atoms with van der Waals surface area (Å²) in [5.74, 6) is -0.350. The summed E-state index contributed by atoms with van der Waals surface area (Å²) in [5, 5.41) is 6.44. The van der Waals surface area contributed by atoms with Crippen molar-refractivity contribution >= 4 is 28.1 Å². The van der Waals surface area contributed by atoms with Crippen LogP contribution in [0.15, 0.2) is 46.4 Å². The Hall–Kier alpha value is -2.63. The normalized spacial score (nSPS) is 12.2. The molecular weight excluding hydrogens is 348 g/mol. The summed E-state index contributed by atoms with van der Waals surface area (Å²) < 4.78 is 12.0. The predicted molar refractivity (Wildman–Crippen MR) is 105 cm³/mol. The van der Waals surface area contributed by atoms with E-state index >= 15 is 0 Å². The molecule has 0 heterocycles. The number of rotatable bonds is 4. The molecule has 2 aromatic carbocycles. The van der Waals surface area contributed by atoms with E-state index in [4.69, 9.17) is 5.53 Å². The minimum Gasteiger partial charge on any atom is -0.321 e. The molecule has 6 nitrogen and oxygen atoms in total. The minimum atomic E-state index is -1.24. The largest absolute Gasteiger partial charge is 0.321 e. The monoisotopic (exact) mass is 370 g/mol.